The van der Waals surface area contributed by atoms with Gasteiger partial charge in [-0.05, 0) is 130 Å². The lowest BCUT2D eigenvalue weighted by molar-refractivity contribution is -0.115. The Balaban J connectivity index is 1.51. The summed E-state index contributed by atoms with van der Waals surface area (Å²) in [6.07, 6.45) is 1.82. The molecule has 0 radical (unpaired) electrons. The lowest BCUT2D eigenvalue weighted by Gasteiger charge is -2.15. The molecule has 0 saturated carbocycles. The predicted octanol–water partition coefficient (Wildman–Crippen LogP) is 7.32. The van der Waals surface area contributed by atoms with Gasteiger partial charge in [-0.2, -0.15) is 0 Å². The number of ether oxygens (including phenoxy) is 3. The number of nitrogens with one attached hydrogen (secondary N) is 1. The minimum Gasteiger partial charge on any atom is -0.494 e. The molecular formula is C27H24BrIN2O4S. The van der Waals surface area contributed by atoms with Crippen molar-refractivity contribution in [2.75, 3.05) is 13.2 Å². The third kappa shape index (κ3) is 7.04. The Morgan fingerprint density at radius 1 is 1.00 bits per heavy atom. The number of rotatable bonds is 9. The summed E-state index contributed by atoms with van der Waals surface area (Å²) in [5, 5.41) is 3.35. The summed E-state index contributed by atoms with van der Waals surface area (Å²) >= 11 is 7.18. The molecule has 1 amide bonds. The molecule has 0 spiro atoms. The highest BCUT2D eigenvalue weighted by molar-refractivity contribution is 14.1. The average molecular weight is 679 g/mol. The van der Waals surface area contributed by atoms with E-state index in [1.165, 1.54) is 15.3 Å². The minimum absolute atomic E-state index is 0.196. The standard InChI is InChI=1S/C27H24BrIN2O4S/c1-3-33-21-11-9-20(10-12-21)30-27-31-26(32)24(36-27)15-18-13-22(28)25(23(14-18)34-4-2)35-16-17-5-7-19(29)8-6-17/h5-15H,3-4,16H2,1-2H3,(H,30,31,32)/b24-15+. The zero-order valence-corrected chi connectivity index (χ0v) is 24.3. The number of nitrogens with zero attached hydrogens (tertiary/aromatic N) is 1. The summed E-state index contributed by atoms with van der Waals surface area (Å²) in [5.41, 5.74) is 2.61. The van der Waals surface area contributed by atoms with Gasteiger partial charge in [0.2, 0.25) is 0 Å². The van der Waals surface area contributed by atoms with Crippen LogP contribution in [-0.2, 0) is 11.4 Å². The van der Waals surface area contributed by atoms with Crippen molar-refractivity contribution in [1.82, 2.24) is 5.32 Å². The highest BCUT2D eigenvalue weighted by atomic mass is 127. The molecule has 6 nitrogen and oxygen atoms in total. The van der Waals surface area contributed by atoms with E-state index in [9.17, 15) is 4.79 Å². The first-order valence-corrected chi connectivity index (χ1v) is 14.0. The summed E-state index contributed by atoms with van der Waals surface area (Å²) in [7, 11) is 0. The SMILES string of the molecule is CCOc1ccc(N=C2NC(=O)/C(=C\c3cc(Br)c(OCc4ccc(I)cc4)c(OCC)c3)S2)cc1. The Labute approximate surface area is 236 Å². The second-order valence-corrected chi connectivity index (χ2v) is 10.7. The zero-order chi connectivity index (χ0) is 25.5. The van der Waals surface area contributed by atoms with Crippen molar-refractivity contribution < 1.29 is 19.0 Å². The van der Waals surface area contributed by atoms with Crippen LogP contribution < -0.4 is 19.5 Å². The van der Waals surface area contributed by atoms with E-state index < -0.39 is 0 Å². The molecule has 0 aromatic heterocycles. The van der Waals surface area contributed by atoms with Crippen molar-refractivity contribution in [2.45, 2.75) is 20.5 Å². The van der Waals surface area contributed by atoms with Crippen LogP contribution in [0.1, 0.15) is 25.0 Å². The number of hydrogen-bond donors (Lipinski definition) is 1. The molecule has 0 atom stereocenters. The minimum atomic E-state index is -0.196. The van der Waals surface area contributed by atoms with Gasteiger partial charge in [0.25, 0.3) is 5.91 Å². The Bertz CT molecular complexity index is 1290. The van der Waals surface area contributed by atoms with Gasteiger partial charge in [0.05, 0.1) is 28.3 Å². The maximum Gasteiger partial charge on any atom is 0.264 e. The van der Waals surface area contributed by atoms with E-state index in [4.69, 9.17) is 14.2 Å². The first-order chi connectivity index (χ1) is 17.4. The molecule has 1 N–H and O–H groups in total. The van der Waals surface area contributed by atoms with E-state index in [1.54, 1.807) is 0 Å². The van der Waals surface area contributed by atoms with Crippen LogP contribution in [0.5, 0.6) is 17.2 Å². The normalized spacial score (nSPS) is 15.3. The number of thioether (sulfide) groups is 1. The van der Waals surface area contributed by atoms with Crippen molar-refractivity contribution in [1.29, 1.82) is 0 Å². The van der Waals surface area contributed by atoms with Crippen LogP contribution >= 0.6 is 50.3 Å². The molecule has 4 rings (SSSR count). The molecular weight excluding hydrogens is 655 g/mol. The first kappa shape index (κ1) is 26.6. The summed E-state index contributed by atoms with van der Waals surface area (Å²) in [5.74, 6) is 1.82. The lowest BCUT2D eigenvalue weighted by Crippen LogP contribution is -2.19. The zero-order valence-electron chi connectivity index (χ0n) is 19.7. The van der Waals surface area contributed by atoms with Crippen molar-refractivity contribution in [3.8, 4) is 17.2 Å². The fourth-order valence-electron chi connectivity index (χ4n) is 3.34. The quantitative estimate of drug-likeness (QED) is 0.190. The van der Waals surface area contributed by atoms with Crippen LogP contribution in [0.4, 0.5) is 5.69 Å². The number of carbonyl (C=O) groups excluding carboxylic acids is 1. The molecule has 1 fully saturated rings. The van der Waals surface area contributed by atoms with E-state index >= 15 is 0 Å². The number of hydrogen-bond acceptors (Lipinski definition) is 6. The molecule has 1 aliphatic heterocycles. The summed E-state index contributed by atoms with van der Waals surface area (Å²) < 4.78 is 19.3. The molecule has 9 heteroatoms. The van der Waals surface area contributed by atoms with Crippen molar-refractivity contribution in [2.24, 2.45) is 4.99 Å². The molecule has 0 unspecified atom stereocenters. The van der Waals surface area contributed by atoms with E-state index in [-0.39, 0.29) is 5.91 Å². The molecule has 1 aliphatic rings. The van der Waals surface area contributed by atoms with Gasteiger partial charge >= 0.3 is 0 Å². The number of carbonyl (C=O) groups is 1. The van der Waals surface area contributed by atoms with Crippen LogP contribution in [-0.4, -0.2) is 24.3 Å². The number of aliphatic imine (C=N–C) groups is 1. The molecule has 36 heavy (non-hydrogen) atoms. The van der Waals surface area contributed by atoms with Gasteiger partial charge in [0.15, 0.2) is 16.7 Å². The third-order valence-corrected chi connectivity index (χ3v) is 7.17. The summed E-state index contributed by atoms with van der Waals surface area (Å²) in [6.45, 7) is 5.37. The Morgan fingerprint density at radius 2 is 1.72 bits per heavy atom. The number of amidine groups is 1. The molecule has 0 bridgehead atoms. The van der Waals surface area contributed by atoms with Gasteiger partial charge in [-0.15, -0.1) is 0 Å². The van der Waals surface area contributed by atoms with Crippen LogP contribution in [0.2, 0.25) is 0 Å². The Kier molecular flexibility index (Phi) is 9.33. The van der Waals surface area contributed by atoms with Gasteiger partial charge in [0.1, 0.15) is 12.4 Å². The van der Waals surface area contributed by atoms with Crippen LogP contribution in [0.3, 0.4) is 0 Å². The van der Waals surface area contributed by atoms with Gasteiger partial charge in [-0.1, -0.05) is 12.1 Å². The van der Waals surface area contributed by atoms with Crippen molar-refractivity contribution in [3.05, 3.63) is 84.7 Å². The molecule has 1 saturated heterocycles. The smallest absolute Gasteiger partial charge is 0.264 e. The second kappa shape index (κ2) is 12.6. The Hall–Kier alpha value is -2.50. The van der Waals surface area contributed by atoms with Crippen LogP contribution in [0, 0.1) is 3.57 Å². The molecule has 186 valence electrons. The molecule has 3 aromatic carbocycles. The summed E-state index contributed by atoms with van der Waals surface area (Å²) in [4.78, 5) is 17.7. The van der Waals surface area contributed by atoms with E-state index in [2.05, 4.69) is 48.8 Å². The number of halogens is 2. The van der Waals surface area contributed by atoms with Crippen LogP contribution in [0.15, 0.2) is 75.0 Å². The van der Waals surface area contributed by atoms with Crippen LogP contribution in [0.25, 0.3) is 6.08 Å². The first-order valence-electron chi connectivity index (χ1n) is 11.3. The number of benzene rings is 3. The average Bonchev–Trinajstić information content (AvgIpc) is 3.19. The number of amides is 1. The van der Waals surface area contributed by atoms with Gasteiger partial charge in [-0.25, -0.2) is 4.99 Å². The lowest BCUT2D eigenvalue weighted by atomic mass is 10.1. The second-order valence-electron chi connectivity index (χ2n) is 7.59. The highest BCUT2D eigenvalue weighted by Crippen LogP contribution is 2.39. The fraction of sp³-hybridized carbons (Fsp3) is 0.185. The predicted molar refractivity (Wildman–Crippen MR) is 157 cm³/mol. The van der Waals surface area contributed by atoms with Gasteiger partial charge < -0.3 is 19.5 Å². The molecule has 3 aromatic rings. The van der Waals surface area contributed by atoms with E-state index in [0.717, 1.165) is 27.0 Å². The fourth-order valence-corrected chi connectivity index (χ4v) is 5.12. The van der Waals surface area contributed by atoms with E-state index in [0.29, 0.717) is 41.4 Å². The third-order valence-electron chi connectivity index (χ3n) is 4.96. The van der Waals surface area contributed by atoms with Crippen molar-refractivity contribution in [3.63, 3.8) is 0 Å². The summed E-state index contributed by atoms with van der Waals surface area (Å²) in [6, 6.07) is 19.4. The maximum atomic E-state index is 12.6. The molecule has 0 aliphatic carbocycles. The largest absolute Gasteiger partial charge is 0.494 e. The maximum absolute atomic E-state index is 12.6. The van der Waals surface area contributed by atoms with E-state index in [1.807, 2.05) is 80.6 Å². The van der Waals surface area contributed by atoms with Gasteiger partial charge in [0, 0.05) is 3.57 Å². The van der Waals surface area contributed by atoms with Gasteiger partial charge in [-0.3, -0.25) is 4.79 Å². The highest BCUT2D eigenvalue weighted by Gasteiger charge is 2.24. The molecule has 1 heterocycles. The Morgan fingerprint density at radius 3 is 2.42 bits per heavy atom. The monoisotopic (exact) mass is 678 g/mol. The topological polar surface area (TPSA) is 69.2 Å². The van der Waals surface area contributed by atoms with Crippen molar-refractivity contribution >= 4 is 73.1 Å².